The summed E-state index contributed by atoms with van der Waals surface area (Å²) in [5, 5.41) is 12.8. The Bertz CT molecular complexity index is 1090. The highest BCUT2D eigenvalue weighted by Gasteiger charge is 2.14. The number of hydrogen-bond acceptors (Lipinski definition) is 6. The summed E-state index contributed by atoms with van der Waals surface area (Å²) >= 11 is 3.28. The Kier molecular flexibility index (Phi) is 6.07. The maximum atomic E-state index is 5.22. The monoisotopic (exact) mass is 420 g/mol. The second-order valence-electron chi connectivity index (χ2n) is 6.23. The molecular weight excluding hydrogens is 400 g/mol. The van der Waals surface area contributed by atoms with Crippen LogP contribution < -0.4 is 4.74 Å². The Morgan fingerprint density at radius 3 is 2.59 bits per heavy atom. The van der Waals surface area contributed by atoms with Crippen molar-refractivity contribution < 1.29 is 4.74 Å². The minimum atomic E-state index is 0.660. The lowest BCUT2D eigenvalue weighted by molar-refractivity contribution is 0.415. The maximum Gasteiger partial charge on any atom is 0.192 e. The Morgan fingerprint density at radius 2 is 1.86 bits per heavy atom. The number of aromatic nitrogens is 4. The molecule has 2 aromatic carbocycles. The number of benzene rings is 2. The van der Waals surface area contributed by atoms with Crippen molar-refractivity contribution >= 4 is 23.1 Å². The third kappa shape index (κ3) is 4.41. The van der Waals surface area contributed by atoms with Crippen LogP contribution in [0.15, 0.2) is 77.8 Å². The normalized spacial score (nSPS) is 10.8. The molecule has 4 rings (SSSR count). The molecule has 0 unspecified atom stereocenters. The van der Waals surface area contributed by atoms with E-state index in [2.05, 4.69) is 26.7 Å². The standard InChI is InChI=1S/C22H20N4OS2/c1-3-13-26-20(16-7-5-4-6-8-16)24-25-22(26)29-15-18-14-28-21(23-18)17-9-11-19(27-2)12-10-17/h3-12,14H,1,13,15H2,2H3. The molecule has 4 aromatic rings. The quantitative estimate of drug-likeness (QED) is 0.276. The van der Waals surface area contributed by atoms with Gasteiger partial charge in [0.1, 0.15) is 10.8 Å². The molecule has 2 heterocycles. The lowest BCUT2D eigenvalue weighted by Gasteiger charge is -2.07. The lowest BCUT2D eigenvalue weighted by atomic mass is 10.2. The van der Waals surface area contributed by atoms with E-state index in [0.29, 0.717) is 6.54 Å². The molecule has 0 saturated carbocycles. The molecule has 146 valence electrons. The van der Waals surface area contributed by atoms with Gasteiger partial charge in [-0.1, -0.05) is 48.2 Å². The molecule has 0 aliphatic heterocycles. The number of hydrogen-bond donors (Lipinski definition) is 0. The van der Waals surface area contributed by atoms with Gasteiger partial charge in [0.15, 0.2) is 11.0 Å². The zero-order valence-electron chi connectivity index (χ0n) is 16.0. The van der Waals surface area contributed by atoms with Crippen LogP contribution in [0.5, 0.6) is 5.75 Å². The zero-order chi connectivity index (χ0) is 20.1. The summed E-state index contributed by atoms with van der Waals surface area (Å²) in [5.41, 5.74) is 3.16. The molecule has 0 spiro atoms. The first-order chi connectivity index (χ1) is 14.3. The van der Waals surface area contributed by atoms with Gasteiger partial charge in [0.05, 0.1) is 12.8 Å². The summed E-state index contributed by atoms with van der Waals surface area (Å²) in [7, 11) is 1.67. The molecule has 5 nitrogen and oxygen atoms in total. The highest BCUT2D eigenvalue weighted by Crippen LogP contribution is 2.30. The van der Waals surface area contributed by atoms with Crippen molar-refractivity contribution in [3.05, 3.63) is 78.3 Å². The van der Waals surface area contributed by atoms with Crippen molar-refractivity contribution in [2.45, 2.75) is 17.5 Å². The largest absolute Gasteiger partial charge is 0.497 e. The Hall–Kier alpha value is -2.90. The van der Waals surface area contributed by atoms with E-state index >= 15 is 0 Å². The molecule has 0 aliphatic rings. The van der Waals surface area contributed by atoms with Crippen LogP contribution >= 0.6 is 23.1 Å². The molecule has 0 radical (unpaired) electrons. The van der Waals surface area contributed by atoms with Gasteiger partial charge < -0.3 is 4.74 Å². The van der Waals surface area contributed by atoms with Crippen LogP contribution in [0.1, 0.15) is 5.69 Å². The van der Waals surface area contributed by atoms with E-state index in [4.69, 9.17) is 9.72 Å². The van der Waals surface area contributed by atoms with Crippen LogP contribution in [0.4, 0.5) is 0 Å². The maximum absolute atomic E-state index is 5.22. The molecule has 0 fully saturated rings. The lowest BCUT2D eigenvalue weighted by Crippen LogP contribution is -2.00. The molecule has 0 bridgehead atoms. The summed E-state index contributed by atoms with van der Waals surface area (Å²) < 4.78 is 7.31. The summed E-state index contributed by atoms with van der Waals surface area (Å²) in [6.45, 7) is 4.53. The van der Waals surface area contributed by atoms with Gasteiger partial charge in [0.2, 0.25) is 0 Å². The zero-order valence-corrected chi connectivity index (χ0v) is 17.6. The molecule has 2 aromatic heterocycles. The number of methoxy groups -OCH3 is 1. The van der Waals surface area contributed by atoms with Crippen molar-refractivity contribution in [2.75, 3.05) is 7.11 Å². The Labute approximate surface area is 178 Å². The molecule has 29 heavy (non-hydrogen) atoms. The van der Waals surface area contributed by atoms with Crippen LogP contribution in [0.25, 0.3) is 22.0 Å². The van der Waals surface area contributed by atoms with E-state index in [1.807, 2.05) is 60.7 Å². The predicted octanol–water partition coefficient (Wildman–Crippen LogP) is 5.56. The molecule has 0 amide bonds. The van der Waals surface area contributed by atoms with E-state index in [1.54, 1.807) is 30.2 Å². The summed E-state index contributed by atoms with van der Waals surface area (Å²) in [6.07, 6.45) is 1.87. The second-order valence-corrected chi connectivity index (χ2v) is 8.03. The van der Waals surface area contributed by atoms with Gasteiger partial charge in [-0.25, -0.2) is 4.98 Å². The fourth-order valence-electron chi connectivity index (χ4n) is 2.87. The van der Waals surface area contributed by atoms with Gasteiger partial charge >= 0.3 is 0 Å². The molecule has 0 atom stereocenters. The van der Waals surface area contributed by atoms with E-state index in [1.165, 1.54) is 0 Å². The minimum absolute atomic E-state index is 0.660. The Morgan fingerprint density at radius 1 is 1.07 bits per heavy atom. The topological polar surface area (TPSA) is 52.8 Å². The van der Waals surface area contributed by atoms with Gasteiger partial charge in [-0.05, 0) is 24.3 Å². The minimum Gasteiger partial charge on any atom is -0.497 e. The second kappa shape index (κ2) is 9.07. The number of allylic oxidation sites excluding steroid dienone is 1. The highest BCUT2D eigenvalue weighted by molar-refractivity contribution is 7.98. The first-order valence-electron chi connectivity index (χ1n) is 9.09. The first-order valence-corrected chi connectivity index (χ1v) is 11.0. The fourth-order valence-corrected chi connectivity index (χ4v) is 4.64. The number of thiazole rings is 1. The van der Waals surface area contributed by atoms with Crippen LogP contribution in [-0.2, 0) is 12.3 Å². The van der Waals surface area contributed by atoms with Crippen molar-refractivity contribution in [2.24, 2.45) is 0 Å². The van der Waals surface area contributed by atoms with E-state index in [9.17, 15) is 0 Å². The average molecular weight is 421 g/mol. The Balaban J connectivity index is 1.50. The van der Waals surface area contributed by atoms with Crippen molar-refractivity contribution in [1.82, 2.24) is 19.7 Å². The van der Waals surface area contributed by atoms with E-state index < -0.39 is 0 Å². The van der Waals surface area contributed by atoms with Gasteiger partial charge in [0.25, 0.3) is 0 Å². The number of rotatable bonds is 8. The van der Waals surface area contributed by atoms with Crippen LogP contribution in [0.3, 0.4) is 0 Å². The van der Waals surface area contributed by atoms with Gasteiger partial charge in [-0.2, -0.15) is 0 Å². The molecule has 7 heteroatoms. The summed E-state index contributed by atoms with van der Waals surface area (Å²) in [4.78, 5) is 4.77. The number of ether oxygens (including phenoxy) is 1. The highest BCUT2D eigenvalue weighted by atomic mass is 32.2. The summed E-state index contributed by atoms with van der Waals surface area (Å²) in [6, 6.07) is 18.1. The van der Waals surface area contributed by atoms with E-state index in [-0.39, 0.29) is 0 Å². The summed E-state index contributed by atoms with van der Waals surface area (Å²) in [5.74, 6) is 2.43. The predicted molar refractivity (Wildman–Crippen MR) is 119 cm³/mol. The van der Waals surface area contributed by atoms with Crippen LogP contribution in [0, 0.1) is 0 Å². The van der Waals surface area contributed by atoms with Gasteiger partial charge in [-0.3, -0.25) is 4.57 Å². The van der Waals surface area contributed by atoms with Crippen LogP contribution in [0.2, 0.25) is 0 Å². The third-order valence-corrected chi connectivity index (χ3v) is 6.24. The van der Waals surface area contributed by atoms with Crippen molar-refractivity contribution in [3.63, 3.8) is 0 Å². The third-order valence-electron chi connectivity index (χ3n) is 4.30. The molecule has 0 N–H and O–H groups in total. The molecule has 0 saturated heterocycles. The number of thioether (sulfide) groups is 1. The SMILES string of the molecule is C=CCn1c(SCc2csc(-c3ccc(OC)cc3)n2)nnc1-c1ccccc1. The molecular formula is C22H20N4OS2. The first kappa shape index (κ1) is 19.4. The van der Waals surface area contributed by atoms with Gasteiger partial charge in [-0.15, -0.1) is 28.1 Å². The molecule has 0 aliphatic carbocycles. The van der Waals surface area contributed by atoms with E-state index in [0.717, 1.165) is 44.3 Å². The van der Waals surface area contributed by atoms with Crippen LogP contribution in [-0.4, -0.2) is 26.9 Å². The van der Waals surface area contributed by atoms with Crippen molar-refractivity contribution in [1.29, 1.82) is 0 Å². The fraction of sp³-hybridized carbons (Fsp3) is 0.136. The van der Waals surface area contributed by atoms with Gasteiger partial charge in [0, 0.05) is 28.8 Å². The average Bonchev–Trinajstić information content (AvgIpc) is 3.40. The smallest absolute Gasteiger partial charge is 0.192 e. The number of nitrogens with zero attached hydrogens (tertiary/aromatic N) is 4. The van der Waals surface area contributed by atoms with Crippen molar-refractivity contribution in [3.8, 4) is 27.7 Å².